The molecule has 0 amide bonds. The van der Waals surface area contributed by atoms with E-state index >= 15 is 0 Å². The van der Waals surface area contributed by atoms with Crippen molar-refractivity contribution < 1.29 is 0 Å². The van der Waals surface area contributed by atoms with Gasteiger partial charge in [-0.1, -0.05) is 38.1 Å². The Morgan fingerprint density at radius 3 is 2.24 bits per heavy atom. The Hall–Kier alpha value is -0.900. The molecule has 1 aromatic rings. The smallest absolute Gasteiger partial charge is 0.0488 e. The highest BCUT2D eigenvalue weighted by Gasteiger charge is 2.28. The van der Waals surface area contributed by atoms with Crippen molar-refractivity contribution in [2.24, 2.45) is 0 Å². The first-order valence-corrected chi connectivity index (χ1v) is 8.18. The summed E-state index contributed by atoms with van der Waals surface area (Å²) in [6.07, 6.45) is 1.26. The second-order valence-electron chi connectivity index (χ2n) is 6.75. The van der Waals surface area contributed by atoms with Crippen LogP contribution in [0.2, 0.25) is 0 Å². The van der Waals surface area contributed by atoms with Crippen LogP contribution in [0.15, 0.2) is 24.3 Å². The van der Waals surface area contributed by atoms with E-state index in [-0.39, 0.29) is 0 Å². The average molecular weight is 289 g/mol. The highest BCUT2D eigenvalue weighted by atomic mass is 15.2. The van der Waals surface area contributed by atoms with Gasteiger partial charge in [-0.25, -0.2) is 0 Å². The van der Waals surface area contributed by atoms with Gasteiger partial charge in [0.05, 0.1) is 0 Å². The van der Waals surface area contributed by atoms with Gasteiger partial charge in [0.2, 0.25) is 0 Å². The Kier molecular flexibility index (Phi) is 5.80. The van der Waals surface area contributed by atoms with Crippen LogP contribution >= 0.6 is 0 Å². The van der Waals surface area contributed by atoms with Gasteiger partial charge >= 0.3 is 0 Å². The fourth-order valence-corrected chi connectivity index (χ4v) is 3.34. The van der Waals surface area contributed by atoms with Crippen molar-refractivity contribution in [3.63, 3.8) is 0 Å². The zero-order valence-corrected chi connectivity index (χ0v) is 14.3. The molecule has 1 fully saturated rings. The molecule has 2 rings (SSSR count). The van der Waals surface area contributed by atoms with Gasteiger partial charge in [0.25, 0.3) is 0 Å². The molecular weight excluding hydrogens is 258 g/mol. The zero-order valence-electron chi connectivity index (χ0n) is 14.3. The monoisotopic (exact) mass is 289 g/mol. The van der Waals surface area contributed by atoms with Crippen molar-refractivity contribution in [3.8, 4) is 0 Å². The van der Waals surface area contributed by atoms with E-state index in [0.717, 1.165) is 6.54 Å². The van der Waals surface area contributed by atoms with Crippen LogP contribution in [-0.4, -0.2) is 56.6 Å². The molecule has 1 aromatic carbocycles. The number of nitrogens with one attached hydrogen (secondary N) is 1. The molecule has 0 bridgehead atoms. The topological polar surface area (TPSA) is 18.5 Å². The fourth-order valence-electron chi connectivity index (χ4n) is 3.34. The summed E-state index contributed by atoms with van der Waals surface area (Å²) in [7, 11) is 6.58. The SMILES string of the molecule is CNC(c1ccc(C(C)C)cc1)C1CN(C)CCCN1C. The van der Waals surface area contributed by atoms with E-state index in [1.165, 1.54) is 30.6 Å². The van der Waals surface area contributed by atoms with E-state index in [1.807, 2.05) is 0 Å². The molecule has 21 heavy (non-hydrogen) atoms. The van der Waals surface area contributed by atoms with E-state index < -0.39 is 0 Å². The van der Waals surface area contributed by atoms with Gasteiger partial charge in [0.15, 0.2) is 0 Å². The zero-order chi connectivity index (χ0) is 15.4. The summed E-state index contributed by atoms with van der Waals surface area (Å²) in [5.74, 6) is 0.596. The van der Waals surface area contributed by atoms with Crippen LogP contribution in [-0.2, 0) is 0 Å². The van der Waals surface area contributed by atoms with Crippen molar-refractivity contribution in [2.45, 2.75) is 38.3 Å². The molecule has 0 aromatic heterocycles. The van der Waals surface area contributed by atoms with Crippen molar-refractivity contribution in [1.29, 1.82) is 0 Å². The fraction of sp³-hybridized carbons (Fsp3) is 0.667. The Labute approximate surface area is 130 Å². The molecule has 3 heteroatoms. The number of hydrogen-bond donors (Lipinski definition) is 1. The third-order valence-electron chi connectivity index (χ3n) is 4.77. The van der Waals surface area contributed by atoms with Crippen LogP contribution in [0, 0.1) is 0 Å². The number of likely N-dealkylation sites (N-methyl/N-ethyl adjacent to an activating group) is 3. The summed E-state index contributed by atoms with van der Waals surface area (Å²) in [6.45, 7) is 7.99. The number of hydrogen-bond acceptors (Lipinski definition) is 3. The van der Waals surface area contributed by atoms with E-state index in [9.17, 15) is 0 Å². The summed E-state index contributed by atoms with van der Waals surface area (Å²) in [5, 5.41) is 3.55. The summed E-state index contributed by atoms with van der Waals surface area (Å²) >= 11 is 0. The van der Waals surface area contributed by atoms with Gasteiger partial charge in [0.1, 0.15) is 0 Å². The van der Waals surface area contributed by atoms with E-state index in [2.05, 4.69) is 74.4 Å². The lowest BCUT2D eigenvalue weighted by atomic mass is 9.94. The predicted octanol–water partition coefficient (Wildman–Crippen LogP) is 2.71. The van der Waals surface area contributed by atoms with E-state index in [0.29, 0.717) is 18.0 Å². The van der Waals surface area contributed by atoms with Crippen LogP contribution < -0.4 is 5.32 Å². The highest BCUT2D eigenvalue weighted by molar-refractivity contribution is 5.28. The van der Waals surface area contributed by atoms with Crippen molar-refractivity contribution in [1.82, 2.24) is 15.1 Å². The average Bonchev–Trinajstić information content (AvgIpc) is 2.62. The minimum absolute atomic E-state index is 0.386. The molecule has 1 heterocycles. The normalized spacial score (nSPS) is 23.2. The van der Waals surface area contributed by atoms with Crippen molar-refractivity contribution >= 4 is 0 Å². The third-order valence-corrected chi connectivity index (χ3v) is 4.77. The molecule has 1 saturated heterocycles. The quantitative estimate of drug-likeness (QED) is 0.919. The number of rotatable bonds is 4. The first-order valence-electron chi connectivity index (χ1n) is 8.18. The van der Waals surface area contributed by atoms with Gasteiger partial charge in [-0.2, -0.15) is 0 Å². The van der Waals surface area contributed by atoms with Crippen LogP contribution in [0.4, 0.5) is 0 Å². The van der Waals surface area contributed by atoms with Crippen LogP contribution in [0.3, 0.4) is 0 Å². The summed E-state index contributed by atoms with van der Waals surface area (Å²) in [6, 6.07) is 10.1. The number of benzene rings is 1. The molecular formula is C18H31N3. The molecule has 1 aliphatic rings. The minimum atomic E-state index is 0.386. The molecule has 1 N–H and O–H groups in total. The Morgan fingerprint density at radius 2 is 1.67 bits per heavy atom. The van der Waals surface area contributed by atoms with E-state index in [1.54, 1.807) is 0 Å². The van der Waals surface area contributed by atoms with Crippen LogP contribution in [0.1, 0.15) is 43.4 Å². The Morgan fingerprint density at radius 1 is 1.05 bits per heavy atom. The molecule has 0 saturated carbocycles. The summed E-state index contributed by atoms with van der Waals surface area (Å²) in [5.41, 5.74) is 2.81. The first-order chi connectivity index (χ1) is 10.0. The van der Waals surface area contributed by atoms with Gasteiger partial charge < -0.3 is 15.1 Å². The highest BCUT2D eigenvalue weighted by Crippen LogP contribution is 2.24. The Balaban J connectivity index is 2.20. The molecule has 3 nitrogen and oxygen atoms in total. The standard InChI is InChI=1S/C18H31N3/c1-14(2)15-7-9-16(10-8-15)18(19-3)17-13-20(4)11-6-12-21(17)5/h7-10,14,17-19H,6,11-13H2,1-5H3. The molecule has 0 aliphatic carbocycles. The van der Waals surface area contributed by atoms with Crippen molar-refractivity contribution in [2.75, 3.05) is 40.8 Å². The Bertz CT molecular complexity index is 427. The number of nitrogens with zero attached hydrogens (tertiary/aromatic N) is 2. The molecule has 0 radical (unpaired) electrons. The van der Waals surface area contributed by atoms with Crippen LogP contribution in [0.5, 0.6) is 0 Å². The molecule has 1 aliphatic heterocycles. The lowest BCUT2D eigenvalue weighted by molar-refractivity contribution is 0.182. The van der Waals surface area contributed by atoms with Gasteiger partial charge in [0, 0.05) is 18.6 Å². The third kappa shape index (κ3) is 4.06. The van der Waals surface area contributed by atoms with Gasteiger partial charge in [-0.05, 0) is 57.7 Å². The lowest BCUT2D eigenvalue weighted by Gasteiger charge is -2.34. The van der Waals surface area contributed by atoms with Crippen molar-refractivity contribution in [3.05, 3.63) is 35.4 Å². The maximum atomic E-state index is 3.55. The predicted molar refractivity (Wildman–Crippen MR) is 90.9 cm³/mol. The van der Waals surface area contributed by atoms with Gasteiger partial charge in [-0.15, -0.1) is 0 Å². The maximum absolute atomic E-state index is 3.55. The first kappa shape index (κ1) is 16.5. The lowest BCUT2D eigenvalue weighted by Crippen LogP contribution is -2.46. The molecule has 0 spiro atoms. The summed E-state index contributed by atoms with van der Waals surface area (Å²) in [4.78, 5) is 4.97. The second-order valence-corrected chi connectivity index (χ2v) is 6.75. The molecule has 118 valence electrons. The van der Waals surface area contributed by atoms with E-state index in [4.69, 9.17) is 0 Å². The van der Waals surface area contributed by atoms with Crippen LogP contribution in [0.25, 0.3) is 0 Å². The maximum Gasteiger partial charge on any atom is 0.0488 e. The van der Waals surface area contributed by atoms with Gasteiger partial charge in [-0.3, -0.25) is 0 Å². The minimum Gasteiger partial charge on any atom is -0.312 e. The second kappa shape index (κ2) is 7.39. The molecule has 2 atom stereocenters. The summed E-state index contributed by atoms with van der Waals surface area (Å²) < 4.78 is 0. The largest absolute Gasteiger partial charge is 0.312 e. The molecule has 2 unspecified atom stereocenters.